The second kappa shape index (κ2) is 8.22. The second-order valence-corrected chi connectivity index (χ2v) is 5.24. The molecule has 0 saturated carbocycles. The van der Waals surface area contributed by atoms with E-state index < -0.39 is 18.4 Å². The van der Waals surface area contributed by atoms with Gasteiger partial charge in [0.15, 0.2) is 0 Å². The molecule has 120 valence electrons. The summed E-state index contributed by atoms with van der Waals surface area (Å²) in [5, 5.41) is 3.09. The molecular formula is C15H21F4NO. The molecule has 0 heterocycles. The van der Waals surface area contributed by atoms with Gasteiger partial charge < -0.3 is 10.1 Å². The second-order valence-electron chi connectivity index (χ2n) is 5.24. The highest BCUT2D eigenvalue weighted by atomic mass is 19.4. The summed E-state index contributed by atoms with van der Waals surface area (Å²) in [6.45, 7) is 4.47. The number of halogens is 4. The molecule has 0 fully saturated rings. The Morgan fingerprint density at radius 3 is 2.52 bits per heavy atom. The van der Waals surface area contributed by atoms with E-state index in [1.807, 2.05) is 13.8 Å². The number of ether oxygens (including phenoxy) is 1. The van der Waals surface area contributed by atoms with Gasteiger partial charge in [0.25, 0.3) is 0 Å². The number of alkyl halides is 4. The van der Waals surface area contributed by atoms with Crippen molar-refractivity contribution >= 4 is 0 Å². The first-order chi connectivity index (χ1) is 9.84. The molecular weight excluding hydrogens is 286 g/mol. The Bertz CT molecular complexity index is 432. The molecule has 0 radical (unpaired) electrons. The van der Waals surface area contributed by atoms with Gasteiger partial charge in [-0.1, -0.05) is 19.9 Å². The van der Waals surface area contributed by atoms with Crippen molar-refractivity contribution in [3.05, 3.63) is 29.3 Å². The largest absolute Gasteiger partial charge is 0.493 e. The van der Waals surface area contributed by atoms with Crippen molar-refractivity contribution in [2.75, 3.05) is 19.8 Å². The molecule has 1 aromatic carbocycles. The molecule has 0 aliphatic heterocycles. The van der Waals surface area contributed by atoms with Crippen molar-refractivity contribution < 1.29 is 22.3 Å². The van der Waals surface area contributed by atoms with Gasteiger partial charge in [-0.05, 0) is 30.2 Å². The Morgan fingerprint density at radius 2 is 1.95 bits per heavy atom. The van der Waals surface area contributed by atoms with Crippen molar-refractivity contribution in [2.45, 2.75) is 33.0 Å². The van der Waals surface area contributed by atoms with E-state index in [2.05, 4.69) is 5.32 Å². The highest BCUT2D eigenvalue weighted by molar-refractivity contribution is 5.39. The normalized spacial score (nSPS) is 12.0. The highest BCUT2D eigenvalue weighted by Gasteiger charge is 2.34. The van der Waals surface area contributed by atoms with Crippen LogP contribution in [0.2, 0.25) is 0 Å². The van der Waals surface area contributed by atoms with E-state index in [-0.39, 0.29) is 18.8 Å². The van der Waals surface area contributed by atoms with E-state index in [1.54, 1.807) is 6.07 Å². The molecule has 1 aromatic rings. The summed E-state index contributed by atoms with van der Waals surface area (Å²) in [4.78, 5) is 0. The van der Waals surface area contributed by atoms with Gasteiger partial charge in [0, 0.05) is 13.0 Å². The van der Waals surface area contributed by atoms with Crippen LogP contribution >= 0.6 is 0 Å². The third kappa shape index (κ3) is 6.33. The van der Waals surface area contributed by atoms with Crippen LogP contribution in [0.1, 0.15) is 31.4 Å². The average molecular weight is 307 g/mol. The third-order valence-electron chi connectivity index (χ3n) is 2.77. The first-order valence-electron chi connectivity index (χ1n) is 6.94. The minimum atomic E-state index is -4.49. The van der Waals surface area contributed by atoms with E-state index in [9.17, 15) is 17.6 Å². The lowest BCUT2D eigenvalue weighted by molar-refractivity contribution is -0.139. The van der Waals surface area contributed by atoms with Crippen molar-refractivity contribution in [2.24, 2.45) is 5.92 Å². The van der Waals surface area contributed by atoms with E-state index in [0.29, 0.717) is 18.0 Å². The average Bonchev–Trinajstić information content (AvgIpc) is 2.38. The zero-order chi connectivity index (χ0) is 15.9. The van der Waals surface area contributed by atoms with E-state index in [4.69, 9.17) is 4.74 Å². The van der Waals surface area contributed by atoms with Gasteiger partial charge in [-0.3, -0.25) is 4.39 Å². The third-order valence-corrected chi connectivity index (χ3v) is 2.77. The van der Waals surface area contributed by atoms with E-state index >= 15 is 0 Å². The summed E-state index contributed by atoms with van der Waals surface area (Å²) in [6.07, 6.45) is -4.41. The smallest absolute Gasteiger partial charge is 0.419 e. The molecule has 2 nitrogen and oxygen atoms in total. The molecule has 0 atom stereocenters. The zero-order valence-corrected chi connectivity index (χ0v) is 12.3. The van der Waals surface area contributed by atoms with Crippen LogP contribution in [-0.4, -0.2) is 19.8 Å². The number of benzene rings is 1. The van der Waals surface area contributed by atoms with Gasteiger partial charge in [0.1, 0.15) is 5.75 Å². The number of rotatable bonds is 8. The van der Waals surface area contributed by atoms with Gasteiger partial charge in [0.2, 0.25) is 0 Å². The fraction of sp³-hybridized carbons (Fsp3) is 0.600. The minimum absolute atomic E-state index is 0.0650. The van der Waals surface area contributed by atoms with Gasteiger partial charge in [0.05, 0.1) is 18.8 Å². The minimum Gasteiger partial charge on any atom is -0.493 e. The van der Waals surface area contributed by atoms with Crippen LogP contribution < -0.4 is 10.1 Å². The monoisotopic (exact) mass is 307 g/mol. The number of hydrogen-bond donors (Lipinski definition) is 1. The Hall–Kier alpha value is -1.30. The molecule has 0 aliphatic rings. The Kier molecular flexibility index (Phi) is 6.95. The van der Waals surface area contributed by atoms with Crippen LogP contribution in [0.3, 0.4) is 0 Å². The Balaban J connectivity index is 2.81. The molecule has 1 rings (SSSR count). The van der Waals surface area contributed by atoms with Crippen LogP contribution in [0.15, 0.2) is 18.2 Å². The molecule has 0 aliphatic carbocycles. The Labute approximate surface area is 122 Å². The summed E-state index contributed by atoms with van der Waals surface area (Å²) < 4.78 is 56.1. The SMILES string of the molecule is CC(C)CNCc1ccc(OCCCF)c(C(F)(F)F)c1. The summed E-state index contributed by atoms with van der Waals surface area (Å²) in [6, 6.07) is 3.97. The molecule has 21 heavy (non-hydrogen) atoms. The molecule has 6 heteroatoms. The maximum absolute atomic E-state index is 13.0. The van der Waals surface area contributed by atoms with Gasteiger partial charge in [-0.2, -0.15) is 13.2 Å². The number of nitrogens with one attached hydrogen (secondary N) is 1. The van der Waals surface area contributed by atoms with Crippen molar-refractivity contribution in [3.8, 4) is 5.75 Å². The molecule has 1 N–H and O–H groups in total. The molecule has 0 unspecified atom stereocenters. The maximum Gasteiger partial charge on any atom is 0.419 e. The van der Waals surface area contributed by atoms with Crippen molar-refractivity contribution in [1.29, 1.82) is 0 Å². The summed E-state index contributed by atoms with van der Waals surface area (Å²) in [5.74, 6) is 0.180. The van der Waals surface area contributed by atoms with Gasteiger partial charge >= 0.3 is 6.18 Å². The standard InChI is InChI=1S/C15H21F4NO/c1-11(2)9-20-10-12-4-5-14(21-7-3-6-16)13(8-12)15(17,18)19/h4-5,8,11,20H,3,6-7,9-10H2,1-2H3. The Morgan fingerprint density at radius 1 is 1.24 bits per heavy atom. The lowest BCUT2D eigenvalue weighted by Crippen LogP contribution is -2.19. The van der Waals surface area contributed by atoms with E-state index in [0.717, 1.165) is 12.6 Å². The summed E-state index contributed by atoms with van der Waals surface area (Å²) >= 11 is 0. The molecule has 0 bridgehead atoms. The van der Waals surface area contributed by atoms with Crippen molar-refractivity contribution in [3.63, 3.8) is 0 Å². The summed E-state index contributed by atoms with van der Waals surface area (Å²) in [5.41, 5.74) is -0.272. The first-order valence-corrected chi connectivity index (χ1v) is 6.94. The zero-order valence-electron chi connectivity index (χ0n) is 12.3. The topological polar surface area (TPSA) is 21.3 Å². The van der Waals surface area contributed by atoms with Crippen LogP contribution in [0, 0.1) is 5.92 Å². The number of hydrogen-bond acceptors (Lipinski definition) is 2. The van der Waals surface area contributed by atoms with E-state index in [1.165, 1.54) is 6.07 Å². The summed E-state index contributed by atoms with van der Waals surface area (Å²) in [7, 11) is 0. The lowest BCUT2D eigenvalue weighted by Gasteiger charge is -2.15. The lowest BCUT2D eigenvalue weighted by atomic mass is 10.1. The molecule has 0 aromatic heterocycles. The van der Waals surface area contributed by atoms with Crippen LogP contribution in [0.4, 0.5) is 17.6 Å². The van der Waals surface area contributed by atoms with Gasteiger partial charge in [-0.25, -0.2) is 0 Å². The van der Waals surface area contributed by atoms with Crippen LogP contribution in [0.5, 0.6) is 5.75 Å². The quantitative estimate of drug-likeness (QED) is 0.574. The molecule has 0 saturated heterocycles. The fourth-order valence-electron chi connectivity index (χ4n) is 1.78. The van der Waals surface area contributed by atoms with Crippen LogP contribution in [-0.2, 0) is 12.7 Å². The maximum atomic E-state index is 13.0. The van der Waals surface area contributed by atoms with Crippen LogP contribution in [0.25, 0.3) is 0 Å². The molecule has 0 spiro atoms. The van der Waals surface area contributed by atoms with Crippen molar-refractivity contribution in [1.82, 2.24) is 5.32 Å². The highest BCUT2D eigenvalue weighted by Crippen LogP contribution is 2.36. The predicted octanol–water partition coefficient (Wildman–Crippen LogP) is 4.19. The predicted molar refractivity (Wildman–Crippen MR) is 74.1 cm³/mol. The van der Waals surface area contributed by atoms with Gasteiger partial charge in [-0.15, -0.1) is 0 Å². The first kappa shape index (κ1) is 17.8. The molecule has 0 amide bonds. The fourth-order valence-corrected chi connectivity index (χ4v) is 1.78.